The van der Waals surface area contributed by atoms with Crippen molar-refractivity contribution in [1.82, 2.24) is 9.97 Å². The first-order valence-corrected chi connectivity index (χ1v) is 5.15. The van der Waals surface area contributed by atoms with E-state index in [9.17, 15) is 4.79 Å². The fourth-order valence-corrected chi connectivity index (χ4v) is 2.00. The number of rotatable bonds is 4. The number of aromatic nitrogens is 2. The minimum Gasteiger partial charge on any atom is -0.479 e. The SMILES string of the molecule is COC(C(=O)O)C1(c2cnc(C)cn2)CC1. The van der Waals surface area contributed by atoms with Gasteiger partial charge in [0.1, 0.15) is 0 Å². The van der Waals surface area contributed by atoms with Gasteiger partial charge in [-0.2, -0.15) is 0 Å². The first kappa shape index (κ1) is 11.0. The summed E-state index contributed by atoms with van der Waals surface area (Å²) in [5.74, 6) is -0.942. The zero-order valence-electron chi connectivity index (χ0n) is 9.30. The first-order chi connectivity index (χ1) is 7.60. The van der Waals surface area contributed by atoms with Crippen LogP contribution >= 0.6 is 0 Å². The van der Waals surface area contributed by atoms with E-state index in [4.69, 9.17) is 9.84 Å². The Morgan fingerprint density at radius 2 is 2.19 bits per heavy atom. The maximum Gasteiger partial charge on any atom is 0.333 e. The average Bonchev–Trinajstić information content (AvgIpc) is 3.01. The molecule has 1 unspecified atom stereocenters. The minimum absolute atomic E-state index is 0.471. The van der Waals surface area contributed by atoms with Crippen LogP contribution in [0.4, 0.5) is 0 Å². The Bertz CT molecular complexity index is 398. The van der Waals surface area contributed by atoms with Crippen LogP contribution in [0.2, 0.25) is 0 Å². The highest BCUT2D eigenvalue weighted by molar-refractivity contribution is 5.75. The Hall–Kier alpha value is -1.49. The maximum atomic E-state index is 11.1. The highest BCUT2D eigenvalue weighted by Crippen LogP contribution is 2.51. The quantitative estimate of drug-likeness (QED) is 0.820. The largest absolute Gasteiger partial charge is 0.479 e. The summed E-state index contributed by atoms with van der Waals surface area (Å²) in [4.78, 5) is 19.5. The summed E-state index contributed by atoms with van der Waals surface area (Å²) in [5.41, 5.74) is 1.07. The molecule has 5 heteroatoms. The second kappa shape index (κ2) is 3.83. The second-order valence-corrected chi connectivity index (χ2v) is 4.15. The van der Waals surface area contributed by atoms with Crippen LogP contribution in [-0.2, 0) is 14.9 Å². The Kier molecular flexibility index (Phi) is 2.63. The second-order valence-electron chi connectivity index (χ2n) is 4.15. The number of nitrogens with zero attached hydrogens (tertiary/aromatic N) is 2. The van der Waals surface area contributed by atoms with E-state index in [0.29, 0.717) is 5.69 Å². The van der Waals surface area contributed by atoms with Crippen LogP contribution in [0.1, 0.15) is 24.2 Å². The summed E-state index contributed by atoms with van der Waals surface area (Å²) in [7, 11) is 1.42. The van der Waals surface area contributed by atoms with Gasteiger partial charge >= 0.3 is 5.97 Å². The minimum atomic E-state index is -0.942. The van der Waals surface area contributed by atoms with Crippen LogP contribution in [0.3, 0.4) is 0 Å². The number of aliphatic carboxylic acids is 1. The fraction of sp³-hybridized carbons (Fsp3) is 0.545. The predicted octanol–water partition coefficient (Wildman–Crippen LogP) is 0.916. The van der Waals surface area contributed by atoms with Gasteiger partial charge in [0.2, 0.25) is 0 Å². The number of hydrogen-bond acceptors (Lipinski definition) is 4. The monoisotopic (exact) mass is 222 g/mol. The highest BCUT2D eigenvalue weighted by atomic mass is 16.5. The lowest BCUT2D eigenvalue weighted by Gasteiger charge is -2.21. The Balaban J connectivity index is 2.31. The van der Waals surface area contributed by atoms with Gasteiger partial charge in [-0.05, 0) is 19.8 Å². The van der Waals surface area contributed by atoms with Crippen molar-refractivity contribution in [2.24, 2.45) is 0 Å². The summed E-state index contributed by atoms with van der Waals surface area (Å²) >= 11 is 0. The average molecular weight is 222 g/mol. The lowest BCUT2D eigenvalue weighted by Crippen LogP contribution is -2.36. The summed E-state index contributed by atoms with van der Waals surface area (Å²) in [6.07, 6.45) is 4.05. The molecule has 0 spiro atoms. The molecule has 1 aromatic heterocycles. The van der Waals surface area contributed by atoms with Gasteiger partial charge in [0.05, 0.1) is 16.8 Å². The Morgan fingerprint density at radius 3 is 2.56 bits per heavy atom. The van der Waals surface area contributed by atoms with Gasteiger partial charge in [0, 0.05) is 19.5 Å². The molecule has 16 heavy (non-hydrogen) atoms. The van der Waals surface area contributed by atoms with Crippen LogP contribution in [0.25, 0.3) is 0 Å². The molecule has 1 N–H and O–H groups in total. The maximum absolute atomic E-state index is 11.1. The third kappa shape index (κ3) is 1.67. The zero-order valence-corrected chi connectivity index (χ0v) is 9.30. The van der Waals surface area contributed by atoms with Gasteiger partial charge in [-0.15, -0.1) is 0 Å². The molecule has 5 nitrogen and oxygen atoms in total. The lowest BCUT2D eigenvalue weighted by atomic mass is 9.95. The topological polar surface area (TPSA) is 72.3 Å². The third-order valence-corrected chi connectivity index (χ3v) is 3.04. The summed E-state index contributed by atoms with van der Waals surface area (Å²) in [6, 6.07) is 0. The van der Waals surface area contributed by atoms with Crippen molar-refractivity contribution in [3.05, 3.63) is 23.8 Å². The Morgan fingerprint density at radius 1 is 1.50 bits per heavy atom. The van der Waals surface area contributed by atoms with Crippen LogP contribution < -0.4 is 0 Å². The molecule has 1 aliphatic carbocycles. The van der Waals surface area contributed by atoms with E-state index in [2.05, 4.69) is 9.97 Å². The molecular weight excluding hydrogens is 208 g/mol. The molecule has 1 heterocycles. The van der Waals surface area contributed by atoms with E-state index < -0.39 is 17.5 Å². The van der Waals surface area contributed by atoms with E-state index in [1.165, 1.54) is 7.11 Å². The van der Waals surface area contributed by atoms with Gasteiger partial charge in [-0.1, -0.05) is 0 Å². The molecule has 86 valence electrons. The standard InChI is InChI=1S/C11H14N2O3/c1-7-5-13-8(6-12-7)11(3-4-11)9(16-2)10(14)15/h5-6,9H,3-4H2,1-2H3,(H,14,15). The zero-order chi connectivity index (χ0) is 11.8. The smallest absolute Gasteiger partial charge is 0.333 e. The van der Waals surface area contributed by atoms with Crippen molar-refractivity contribution in [2.75, 3.05) is 7.11 Å². The van der Waals surface area contributed by atoms with Crippen molar-refractivity contribution in [3.63, 3.8) is 0 Å². The fourth-order valence-electron chi connectivity index (χ4n) is 2.00. The van der Waals surface area contributed by atoms with Gasteiger partial charge in [0.25, 0.3) is 0 Å². The summed E-state index contributed by atoms with van der Waals surface area (Å²) in [5, 5.41) is 9.09. The van der Waals surface area contributed by atoms with Crippen molar-refractivity contribution in [3.8, 4) is 0 Å². The van der Waals surface area contributed by atoms with Crippen LogP contribution in [-0.4, -0.2) is 34.3 Å². The van der Waals surface area contributed by atoms with E-state index in [-0.39, 0.29) is 0 Å². The van der Waals surface area contributed by atoms with Crippen molar-refractivity contribution in [2.45, 2.75) is 31.3 Å². The van der Waals surface area contributed by atoms with E-state index in [1.54, 1.807) is 12.4 Å². The number of carboxylic acids is 1. The molecule has 0 saturated heterocycles. The number of carbonyl (C=O) groups is 1. The van der Waals surface area contributed by atoms with Crippen molar-refractivity contribution in [1.29, 1.82) is 0 Å². The first-order valence-electron chi connectivity index (χ1n) is 5.15. The summed E-state index contributed by atoms with van der Waals surface area (Å²) < 4.78 is 5.06. The van der Waals surface area contributed by atoms with Crippen LogP contribution in [0.15, 0.2) is 12.4 Å². The number of methoxy groups -OCH3 is 1. The van der Waals surface area contributed by atoms with Crippen LogP contribution in [0.5, 0.6) is 0 Å². The Labute approximate surface area is 93.5 Å². The molecule has 0 amide bonds. The van der Waals surface area contributed by atoms with Gasteiger partial charge < -0.3 is 9.84 Å². The molecule has 0 aromatic carbocycles. The van der Waals surface area contributed by atoms with Crippen molar-refractivity contribution < 1.29 is 14.6 Å². The molecule has 0 radical (unpaired) electrons. The summed E-state index contributed by atoms with van der Waals surface area (Å²) in [6.45, 7) is 1.85. The van der Waals surface area contributed by atoms with E-state index in [1.807, 2.05) is 6.92 Å². The van der Waals surface area contributed by atoms with Gasteiger partial charge in [0.15, 0.2) is 6.10 Å². The van der Waals surface area contributed by atoms with E-state index in [0.717, 1.165) is 18.5 Å². The normalized spacial score (nSPS) is 19.1. The van der Waals surface area contributed by atoms with Gasteiger partial charge in [-0.25, -0.2) is 4.79 Å². The molecule has 2 rings (SSSR count). The molecule has 1 saturated carbocycles. The molecule has 1 aliphatic rings. The lowest BCUT2D eigenvalue weighted by molar-refractivity contribution is -0.150. The number of aryl methyl sites for hydroxylation is 1. The predicted molar refractivity (Wildman–Crippen MR) is 56.1 cm³/mol. The number of carboxylic acid groups (broad SMARTS) is 1. The van der Waals surface area contributed by atoms with Crippen LogP contribution in [0, 0.1) is 6.92 Å². The van der Waals surface area contributed by atoms with E-state index >= 15 is 0 Å². The molecular formula is C11H14N2O3. The highest BCUT2D eigenvalue weighted by Gasteiger charge is 2.55. The molecule has 1 aromatic rings. The molecule has 0 aliphatic heterocycles. The van der Waals surface area contributed by atoms with Gasteiger partial charge in [-0.3, -0.25) is 9.97 Å². The number of hydrogen-bond donors (Lipinski definition) is 1. The molecule has 1 atom stereocenters. The molecule has 0 bridgehead atoms. The molecule has 1 fully saturated rings. The number of ether oxygens (including phenoxy) is 1. The third-order valence-electron chi connectivity index (χ3n) is 3.04. The van der Waals surface area contributed by atoms with Crippen molar-refractivity contribution >= 4 is 5.97 Å².